The Morgan fingerprint density at radius 3 is 2.92 bits per heavy atom. The number of hydrogen-bond acceptors (Lipinski definition) is 3. The minimum absolute atomic E-state index is 0. The zero-order chi connectivity index (χ0) is 8.53. The van der Waals surface area contributed by atoms with Gasteiger partial charge in [0.05, 0.1) is 6.61 Å². The van der Waals surface area contributed by atoms with Gasteiger partial charge in [0.2, 0.25) is 0 Å². The summed E-state index contributed by atoms with van der Waals surface area (Å²) in [6.07, 6.45) is 2.70. The molecule has 2 nitrogen and oxygen atoms in total. The molecule has 12 heavy (non-hydrogen) atoms. The van der Waals surface area contributed by atoms with Crippen molar-refractivity contribution in [2.75, 3.05) is 13.2 Å². The number of nitrogens with zero attached hydrogens (tertiary/aromatic N) is 1. The predicted molar refractivity (Wildman–Crippen MR) is 54.9 cm³/mol. The van der Waals surface area contributed by atoms with Crippen LogP contribution in [0.4, 0.5) is 0 Å². The summed E-state index contributed by atoms with van der Waals surface area (Å²) in [5, 5.41) is 3.97. The standard InChI is InChI=1S/C7H13NOS2.Na/c1-3-5-8-7(10)11-9-6-4-2;/h3H,1,4-6H2,2H3,(H,8,10);/q;+1/p-1. The Kier molecular flexibility index (Phi) is 15.3. The molecule has 0 aromatic carbocycles. The Hall–Kier alpha value is 0.940. The first-order valence-electron chi connectivity index (χ1n) is 3.43. The maximum absolute atomic E-state index is 5.09. The zero-order valence-corrected chi connectivity index (χ0v) is 11.2. The van der Waals surface area contributed by atoms with E-state index in [2.05, 4.69) is 11.9 Å². The summed E-state index contributed by atoms with van der Waals surface area (Å²) in [4.78, 5) is 0. The van der Waals surface area contributed by atoms with Crippen molar-refractivity contribution in [1.29, 1.82) is 0 Å². The van der Waals surface area contributed by atoms with Crippen molar-refractivity contribution in [3.8, 4) is 0 Å². The zero-order valence-electron chi connectivity index (χ0n) is 7.58. The molecule has 0 aromatic heterocycles. The molecule has 0 aliphatic carbocycles. The molecule has 64 valence electrons. The summed E-state index contributed by atoms with van der Waals surface area (Å²) in [7, 11) is 0. The van der Waals surface area contributed by atoms with Crippen LogP contribution in [0.1, 0.15) is 13.3 Å². The van der Waals surface area contributed by atoms with Crippen LogP contribution in [-0.2, 0) is 4.18 Å². The third kappa shape index (κ3) is 10.9. The second kappa shape index (κ2) is 11.9. The largest absolute Gasteiger partial charge is 1.00 e. The molecule has 0 fully saturated rings. The van der Waals surface area contributed by atoms with Gasteiger partial charge >= 0.3 is 29.6 Å². The SMILES string of the molecule is C=CC[N-]C(=S)SOCCC.[Na+]. The van der Waals surface area contributed by atoms with Gasteiger partial charge in [0.25, 0.3) is 0 Å². The summed E-state index contributed by atoms with van der Waals surface area (Å²) in [6.45, 7) is 6.86. The molecule has 0 radical (unpaired) electrons. The quantitative estimate of drug-likeness (QED) is 0.210. The molecule has 0 aliphatic heterocycles. The minimum atomic E-state index is 0. The molecule has 0 aliphatic rings. The number of hydrogen-bond donors (Lipinski definition) is 0. The maximum Gasteiger partial charge on any atom is 1.00 e. The van der Waals surface area contributed by atoms with Crippen LogP contribution in [-0.4, -0.2) is 17.5 Å². The van der Waals surface area contributed by atoms with Gasteiger partial charge in [0.1, 0.15) is 0 Å². The van der Waals surface area contributed by atoms with E-state index >= 15 is 0 Å². The molecular formula is C7H12NNaOS2. The molecule has 0 bridgehead atoms. The normalized spacial score (nSPS) is 8.42. The Bertz CT molecular complexity index is 133. The molecule has 0 spiro atoms. The maximum atomic E-state index is 5.09. The van der Waals surface area contributed by atoms with E-state index in [4.69, 9.17) is 16.4 Å². The summed E-state index contributed by atoms with van der Waals surface area (Å²) in [6, 6.07) is 0. The van der Waals surface area contributed by atoms with Crippen LogP contribution in [0.15, 0.2) is 12.7 Å². The first-order valence-corrected chi connectivity index (χ1v) is 4.58. The van der Waals surface area contributed by atoms with Crippen LogP contribution in [0.3, 0.4) is 0 Å². The van der Waals surface area contributed by atoms with Gasteiger partial charge in [-0.25, -0.2) is 0 Å². The Morgan fingerprint density at radius 2 is 2.42 bits per heavy atom. The Balaban J connectivity index is 0. The summed E-state index contributed by atoms with van der Waals surface area (Å²) in [5.74, 6) is 0. The van der Waals surface area contributed by atoms with E-state index in [1.807, 2.05) is 6.92 Å². The van der Waals surface area contributed by atoms with Crippen LogP contribution >= 0.6 is 24.3 Å². The molecule has 5 heteroatoms. The van der Waals surface area contributed by atoms with Gasteiger partial charge in [-0.2, -0.15) is 0 Å². The fourth-order valence-corrected chi connectivity index (χ4v) is 1.04. The molecular weight excluding hydrogens is 201 g/mol. The van der Waals surface area contributed by atoms with Gasteiger partial charge in [-0.3, -0.25) is 0 Å². The van der Waals surface area contributed by atoms with E-state index in [0.717, 1.165) is 18.5 Å². The second-order valence-electron chi connectivity index (χ2n) is 1.80. The average Bonchev–Trinajstić information content (AvgIpc) is 2.01. The smallest absolute Gasteiger partial charge is 0.664 e. The monoisotopic (exact) mass is 213 g/mol. The van der Waals surface area contributed by atoms with Crippen LogP contribution in [0.25, 0.3) is 5.32 Å². The molecule has 0 amide bonds. The van der Waals surface area contributed by atoms with Crippen LogP contribution in [0.2, 0.25) is 0 Å². The molecule has 0 saturated heterocycles. The van der Waals surface area contributed by atoms with Gasteiger partial charge < -0.3 is 9.50 Å². The van der Waals surface area contributed by atoms with Crippen molar-refractivity contribution in [2.45, 2.75) is 13.3 Å². The third-order valence-electron chi connectivity index (χ3n) is 0.767. The van der Waals surface area contributed by atoms with E-state index in [-0.39, 0.29) is 29.6 Å². The fourth-order valence-electron chi connectivity index (χ4n) is 0.341. The summed E-state index contributed by atoms with van der Waals surface area (Å²) >= 11 is 6.01. The van der Waals surface area contributed by atoms with Crippen molar-refractivity contribution in [3.63, 3.8) is 0 Å². The van der Waals surface area contributed by atoms with Gasteiger partial charge in [0, 0.05) is 12.0 Å². The molecule has 0 rings (SSSR count). The van der Waals surface area contributed by atoms with E-state index in [1.165, 1.54) is 0 Å². The van der Waals surface area contributed by atoms with Crippen LogP contribution < -0.4 is 29.6 Å². The van der Waals surface area contributed by atoms with Crippen molar-refractivity contribution in [3.05, 3.63) is 18.0 Å². The van der Waals surface area contributed by atoms with E-state index in [0.29, 0.717) is 17.5 Å². The predicted octanol–water partition coefficient (Wildman–Crippen LogP) is -0.0902. The first kappa shape index (κ1) is 15.4. The van der Waals surface area contributed by atoms with Gasteiger partial charge in [-0.15, -0.1) is 19.2 Å². The van der Waals surface area contributed by atoms with Crippen LogP contribution in [0, 0.1) is 0 Å². The van der Waals surface area contributed by atoms with Crippen molar-refractivity contribution >= 4 is 28.6 Å². The minimum Gasteiger partial charge on any atom is -0.664 e. The topological polar surface area (TPSA) is 23.3 Å². The van der Waals surface area contributed by atoms with E-state index < -0.39 is 0 Å². The van der Waals surface area contributed by atoms with Crippen LogP contribution in [0.5, 0.6) is 0 Å². The molecule has 0 atom stereocenters. The first-order chi connectivity index (χ1) is 5.31. The number of thiocarbonyl (C=S) groups is 1. The molecule has 0 saturated carbocycles. The fraction of sp³-hybridized carbons (Fsp3) is 0.571. The van der Waals surface area contributed by atoms with Crippen molar-refractivity contribution in [2.24, 2.45) is 0 Å². The van der Waals surface area contributed by atoms with E-state index in [9.17, 15) is 0 Å². The van der Waals surface area contributed by atoms with Gasteiger partial charge in [0.15, 0.2) is 0 Å². The molecule has 0 unspecified atom stereocenters. The molecule has 0 aromatic rings. The van der Waals surface area contributed by atoms with Gasteiger partial charge in [-0.05, 0) is 10.7 Å². The van der Waals surface area contributed by atoms with Crippen molar-refractivity contribution in [1.82, 2.24) is 0 Å². The molecule has 0 N–H and O–H groups in total. The third-order valence-corrected chi connectivity index (χ3v) is 1.66. The van der Waals surface area contributed by atoms with E-state index in [1.54, 1.807) is 6.08 Å². The second-order valence-corrected chi connectivity index (χ2v) is 3.23. The number of rotatable bonds is 5. The summed E-state index contributed by atoms with van der Waals surface area (Å²) < 4.78 is 5.63. The summed E-state index contributed by atoms with van der Waals surface area (Å²) in [5.41, 5.74) is 0. The Morgan fingerprint density at radius 1 is 1.75 bits per heavy atom. The molecule has 0 heterocycles. The van der Waals surface area contributed by atoms with Gasteiger partial charge in [-0.1, -0.05) is 19.1 Å². The Labute approximate surface area is 106 Å². The van der Waals surface area contributed by atoms with Crippen molar-refractivity contribution < 1.29 is 33.7 Å². The average molecular weight is 213 g/mol.